The lowest BCUT2D eigenvalue weighted by atomic mass is 9.99. The normalized spacial score (nSPS) is 28.4. The van der Waals surface area contributed by atoms with Gasteiger partial charge in [-0.15, -0.1) is 0 Å². The average Bonchev–Trinajstić information content (AvgIpc) is 2.57. The van der Waals surface area contributed by atoms with Crippen molar-refractivity contribution in [2.24, 2.45) is 0 Å². The second-order valence-corrected chi connectivity index (χ2v) is 5.42. The van der Waals surface area contributed by atoms with Crippen molar-refractivity contribution in [1.82, 2.24) is 0 Å². The summed E-state index contributed by atoms with van der Waals surface area (Å²) < 4.78 is 14.7. The third-order valence-electron chi connectivity index (χ3n) is 3.61. The second-order valence-electron chi connectivity index (χ2n) is 5.42. The van der Waals surface area contributed by atoms with Gasteiger partial charge in [0.1, 0.15) is 18.3 Å². The molecule has 5 atom stereocenters. The van der Waals surface area contributed by atoms with Crippen LogP contribution >= 0.6 is 0 Å². The van der Waals surface area contributed by atoms with E-state index in [1.165, 1.54) is 0 Å². The first-order chi connectivity index (χ1) is 12.2. The number of carbonyl (C=O) groups excluding carboxylic acids is 1. The molecule has 1 saturated heterocycles. The molecule has 0 aliphatic carbocycles. The SMILES string of the molecule is CCOC(=O)c1cc(O)c(O[C@@H]2O[C@H](C(=O)O)[C@@H](O)[C@H](O)[C@H]2O)c(O)c1. The Bertz CT molecular complexity index is 665. The van der Waals surface area contributed by atoms with E-state index in [9.17, 15) is 35.1 Å². The van der Waals surface area contributed by atoms with Crippen LogP contribution in [-0.2, 0) is 14.3 Å². The molecule has 0 spiro atoms. The van der Waals surface area contributed by atoms with Crippen LogP contribution in [0, 0.1) is 0 Å². The number of aliphatic hydroxyl groups is 3. The molecule has 144 valence electrons. The fraction of sp³-hybridized carbons (Fsp3) is 0.467. The Morgan fingerprint density at radius 2 is 1.65 bits per heavy atom. The van der Waals surface area contributed by atoms with Crippen LogP contribution in [0.25, 0.3) is 0 Å². The Kier molecular flexibility index (Phi) is 5.87. The van der Waals surface area contributed by atoms with Gasteiger partial charge in [0.15, 0.2) is 17.6 Å². The molecule has 1 aliphatic heterocycles. The van der Waals surface area contributed by atoms with Crippen LogP contribution in [-0.4, -0.2) is 79.9 Å². The molecule has 2 rings (SSSR count). The molecule has 0 radical (unpaired) electrons. The van der Waals surface area contributed by atoms with Gasteiger partial charge in [0.05, 0.1) is 12.2 Å². The number of phenols is 2. The Morgan fingerprint density at radius 3 is 2.15 bits per heavy atom. The van der Waals surface area contributed by atoms with Crippen molar-refractivity contribution in [3.63, 3.8) is 0 Å². The molecule has 1 aromatic carbocycles. The lowest BCUT2D eigenvalue weighted by Gasteiger charge is -2.38. The highest BCUT2D eigenvalue weighted by molar-refractivity contribution is 5.91. The number of aliphatic hydroxyl groups excluding tert-OH is 3. The first-order valence-corrected chi connectivity index (χ1v) is 7.49. The summed E-state index contributed by atoms with van der Waals surface area (Å²) in [5.74, 6) is -4.52. The van der Waals surface area contributed by atoms with Crippen LogP contribution in [0.1, 0.15) is 17.3 Å². The van der Waals surface area contributed by atoms with Crippen LogP contribution in [0.5, 0.6) is 17.2 Å². The zero-order valence-electron chi connectivity index (χ0n) is 13.5. The van der Waals surface area contributed by atoms with Gasteiger partial charge in [-0.2, -0.15) is 0 Å². The maximum Gasteiger partial charge on any atom is 0.338 e. The fourth-order valence-electron chi connectivity index (χ4n) is 2.32. The maximum atomic E-state index is 11.6. The number of carboxylic acids is 1. The van der Waals surface area contributed by atoms with E-state index in [0.29, 0.717) is 0 Å². The van der Waals surface area contributed by atoms with E-state index >= 15 is 0 Å². The van der Waals surface area contributed by atoms with Gasteiger partial charge in [-0.1, -0.05) is 0 Å². The second kappa shape index (κ2) is 7.74. The van der Waals surface area contributed by atoms with Crippen molar-refractivity contribution in [1.29, 1.82) is 0 Å². The van der Waals surface area contributed by atoms with Gasteiger partial charge < -0.3 is 44.8 Å². The molecule has 1 heterocycles. The van der Waals surface area contributed by atoms with Crippen molar-refractivity contribution in [3.8, 4) is 17.2 Å². The lowest BCUT2D eigenvalue weighted by molar-refractivity contribution is -0.271. The van der Waals surface area contributed by atoms with Crippen molar-refractivity contribution in [2.75, 3.05) is 6.61 Å². The molecule has 11 nitrogen and oxygen atoms in total. The van der Waals surface area contributed by atoms with Crippen molar-refractivity contribution in [3.05, 3.63) is 17.7 Å². The van der Waals surface area contributed by atoms with Gasteiger partial charge in [0.25, 0.3) is 0 Å². The molecule has 1 aliphatic rings. The van der Waals surface area contributed by atoms with Crippen LogP contribution < -0.4 is 4.74 Å². The zero-order valence-corrected chi connectivity index (χ0v) is 13.5. The minimum Gasteiger partial charge on any atom is -0.504 e. The van der Waals surface area contributed by atoms with Crippen LogP contribution in [0.15, 0.2) is 12.1 Å². The monoisotopic (exact) mass is 374 g/mol. The van der Waals surface area contributed by atoms with E-state index in [1.807, 2.05) is 0 Å². The molecule has 6 N–H and O–H groups in total. The minimum atomic E-state index is -1.92. The number of aromatic hydroxyl groups is 2. The summed E-state index contributed by atoms with van der Waals surface area (Å²) in [6.45, 7) is 1.63. The molecule has 1 fully saturated rings. The first kappa shape index (κ1) is 19.7. The van der Waals surface area contributed by atoms with Crippen molar-refractivity contribution < 1.29 is 54.4 Å². The Labute approximate surface area is 146 Å². The Morgan fingerprint density at radius 1 is 1.08 bits per heavy atom. The van der Waals surface area contributed by atoms with E-state index in [4.69, 9.17) is 19.3 Å². The van der Waals surface area contributed by atoms with E-state index in [1.54, 1.807) is 6.92 Å². The molecule has 0 aromatic heterocycles. The highest BCUT2D eigenvalue weighted by Crippen LogP contribution is 2.39. The molecule has 0 saturated carbocycles. The predicted molar refractivity (Wildman–Crippen MR) is 80.7 cm³/mol. The number of phenolic OH excluding ortho intramolecular Hbond substituents is 2. The number of ether oxygens (including phenoxy) is 3. The maximum absolute atomic E-state index is 11.6. The van der Waals surface area contributed by atoms with Gasteiger partial charge in [-0.25, -0.2) is 9.59 Å². The molecular formula is C15H18O11. The predicted octanol–water partition coefficient (Wildman–Crippen LogP) is -1.45. The van der Waals surface area contributed by atoms with Gasteiger partial charge in [-0.3, -0.25) is 0 Å². The summed E-state index contributed by atoms with van der Waals surface area (Å²) in [6, 6.07) is 1.84. The van der Waals surface area contributed by atoms with Crippen LogP contribution in [0.3, 0.4) is 0 Å². The summed E-state index contributed by atoms with van der Waals surface area (Å²) in [6.07, 6.45) is -9.47. The summed E-state index contributed by atoms with van der Waals surface area (Å²) in [4.78, 5) is 22.7. The van der Waals surface area contributed by atoms with Crippen LogP contribution in [0.2, 0.25) is 0 Å². The summed E-state index contributed by atoms with van der Waals surface area (Å²) in [5.41, 5.74) is -0.182. The Balaban J connectivity index is 2.26. The van der Waals surface area contributed by atoms with E-state index in [-0.39, 0.29) is 12.2 Å². The number of carbonyl (C=O) groups is 2. The Hall–Kier alpha value is -2.60. The average molecular weight is 374 g/mol. The molecule has 26 heavy (non-hydrogen) atoms. The molecule has 1 aromatic rings. The highest BCUT2D eigenvalue weighted by Gasteiger charge is 2.48. The standard InChI is InChI=1S/C15H18O11/c1-2-24-14(23)5-3-6(16)11(7(17)4-5)25-15-10(20)8(18)9(19)12(26-15)13(21)22/h3-4,8-10,12,15-20H,2H2,1H3,(H,21,22)/t8-,9-,10+,12-,15+/m0/s1. The molecule has 0 amide bonds. The van der Waals surface area contributed by atoms with Crippen molar-refractivity contribution in [2.45, 2.75) is 37.6 Å². The number of hydrogen-bond acceptors (Lipinski definition) is 10. The topological polar surface area (TPSA) is 183 Å². The number of aliphatic carboxylic acids is 1. The number of carboxylic acid groups (broad SMARTS) is 1. The quantitative estimate of drug-likeness (QED) is 0.331. The minimum absolute atomic E-state index is 0.0670. The summed E-state index contributed by atoms with van der Waals surface area (Å²) in [7, 11) is 0. The molecule has 11 heteroatoms. The van der Waals surface area contributed by atoms with Gasteiger partial charge >= 0.3 is 11.9 Å². The number of hydrogen-bond donors (Lipinski definition) is 6. The van der Waals surface area contributed by atoms with Gasteiger partial charge in [-0.05, 0) is 19.1 Å². The van der Waals surface area contributed by atoms with E-state index in [2.05, 4.69) is 0 Å². The first-order valence-electron chi connectivity index (χ1n) is 7.49. The largest absolute Gasteiger partial charge is 0.504 e. The lowest BCUT2D eigenvalue weighted by Crippen LogP contribution is -2.61. The van der Waals surface area contributed by atoms with Crippen molar-refractivity contribution >= 4 is 11.9 Å². The highest BCUT2D eigenvalue weighted by atomic mass is 16.7. The fourth-order valence-corrected chi connectivity index (χ4v) is 2.32. The third-order valence-corrected chi connectivity index (χ3v) is 3.61. The zero-order chi connectivity index (χ0) is 19.6. The van der Waals surface area contributed by atoms with E-state index < -0.39 is 59.9 Å². The number of esters is 1. The molecular weight excluding hydrogens is 356 g/mol. The van der Waals surface area contributed by atoms with E-state index in [0.717, 1.165) is 12.1 Å². The number of rotatable bonds is 5. The number of benzene rings is 1. The smallest absolute Gasteiger partial charge is 0.338 e. The van der Waals surface area contributed by atoms with Gasteiger partial charge in [0, 0.05) is 0 Å². The van der Waals surface area contributed by atoms with Crippen LogP contribution in [0.4, 0.5) is 0 Å². The molecule has 0 bridgehead atoms. The summed E-state index contributed by atoms with van der Waals surface area (Å²) in [5, 5.41) is 58.0. The van der Waals surface area contributed by atoms with Gasteiger partial charge in [0.2, 0.25) is 12.0 Å². The third kappa shape index (κ3) is 3.80. The molecule has 0 unspecified atom stereocenters. The summed E-state index contributed by atoms with van der Waals surface area (Å²) >= 11 is 0.